The van der Waals surface area contributed by atoms with E-state index >= 15 is 0 Å². The van der Waals surface area contributed by atoms with Crippen molar-refractivity contribution in [1.82, 2.24) is 5.32 Å². The lowest BCUT2D eigenvalue weighted by Gasteiger charge is -2.26. The van der Waals surface area contributed by atoms with Crippen molar-refractivity contribution in [1.29, 1.82) is 0 Å². The molecule has 0 spiro atoms. The van der Waals surface area contributed by atoms with Gasteiger partial charge < -0.3 is 5.32 Å². The molecule has 0 heterocycles. The lowest BCUT2D eigenvalue weighted by atomic mass is 9.88. The molecule has 0 saturated heterocycles. The zero-order valence-electron chi connectivity index (χ0n) is 10.6. The predicted octanol–water partition coefficient (Wildman–Crippen LogP) is 2.66. The van der Waals surface area contributed by atoms with Gasteiger partial charge in [0.15, 0.2) is 5.78 Å². The van der Waals surface area contributed by atoms with Gasteiger partial charge in [0.1, 0.15) is 5.54 Å². The van der Waals surface area contributed by atoms with Gasteiger partial charge >= 0.3 is 0 Å². The first-order valence-electron chi connectivity index (χ1n) is 5.99. The summed E-state index contributed by atoms with van der Waals surface area (Å²) in [6, 6.07) is 8.20. The third kappa shape index (κ3) is 1.90. The Morgan fingerprint density at radius 2 is 1.94 bits per heavy atom. The van der Waals surface area contributed by atoms with Crippen molar-refractivity contribution < 1.29 is 4.79 Å². The minimum Gasteiger partial charge on any atom is -0.304 e. The summed E-state index contributed by atoms with van der Waals surface area (Å²) in [7, 11) is 1.86. The second-order valence-corrected chi connectivity index (χ2v) is 3.87. The number of hydrogen-bond acceptors (Lipinski definition) is 2. The van der Waals surface area contributed by atoms with E-state index in [2.05, 4.69) is 17.4 Å². The molecule has 0 radical (unpaired) electrons. The Balaban J connectivity index is 0.000000606. The maximum atomic E-state index is 11.7. The summed E-state index contributed by atoms with van der Waals surface area (Å²) in [5.41, 5.74) is 2.04. The first-order valence-corrected chi connectivity index (χ1v) is 5.99. The Bertz CT molecular complexity index is 373. The molecule has 0 bridgehead atoms. The van der Waals surface area contributed by atoms with Gasteiger partial charge in [0.25, 0.3) is 0 Å². The van der Waals surface area contributed by atoms with Gasteiger partial charge in [-0.25, -0.2) is 0 Å². The van der Waals surface area contributed by atoms with Crippen molar-refractivity contribution in [3.05, 3.63) is 35.4 Å². The molecule has 0 aliphatic heterocycles. The SMILES string of the molecule is CC.CNC1(C(C)=O)CCc2ccccc21. The highest BCUT2D eigenvalue weighted by Crippen LogP contribution is 2.36. The molecule has 2 nitrogen and oxygen atoms in total. The standard InChI is InChI=1S/C12H15NO.C2H6/c1-9(14)12(13-2)8-7-10-5-3-4-6-11(10)12;1-2/h3-6,13H,7-8H2,1-2H3;1-2H3. The van der Waals surface area contributed by atoms with Crippen molar-refractivity contribution in [3.8, 4) is 0 Å². The minimum absolute atomic E-state index is 0.213. The predicted molar refractivity (Wildman–Crippen MR) is 67.5 cm³/mol. The van der Waals surface area contributed by atoms with Gasteiger partial charge in [-0.2, -0.15) is 0 Å². The monoisotopic (exact) mass is 219 g/mol. The third-order valence-electron chi connectivity index (χ3n) is 3.27. The van der Waals surface area contributed by atoms with E-state index < -0.39 is 5.54 Å². The van der Waals surface area contributed by atoms with E-state index in [-0.39, 0.29) is 5.78 Å². The van der Waals surface area contributed by atoms with Gasteiger partial charge in [-0.3, -0.25) is 4.79 Å². The number of Topliss-reactive ketones (excluding diaryl/α,β-unsaturated/α-hetero) is 1. The van der Waals surface area contributed by atoms with Crippen LogP contribution < -0.4 is 5.32 Å². The zero-order valence-corrected chi connectivity index (χ0v) is 10.6. The normalized spacial score (nSPS) is 22.0. The van der Waals surface area contributed by atoms with Gasteiger partial charge in [-0.1, -0.05) is 38.1 Å². The first kappa shape index (κ1) is 12.9. The number of fused-ring (bicyclic) bond motifs is 1. The highest BCUT2D eigenvalue weighted by molar-refractivity contribution is 5.88. The van der Waals surface area contributed by atoms with Crippen LogP contribution in [0.4, 0.5) is 0 Å². The molecule has 1 aromatic carbocycles. The second kappa shape index (κ2) is 5.26. The van der Waals surface area contributed by atoms with Crippen molar-refractivity contribution in [3.63, 3.8) is 0 Å². The molecule has 0 aromatic heterocycles. The van der Waals surface area contributed by atoms with Crippen LogP contribution in [-0.4, -0.2) is 12.8 Å². The molecule has 16 heavy (non-hydrogen) atoms. The Labute approximate surface area is 98.1 Å². The third-order valence-corrected chi connectivity index (χ3v) is 3.27. The van der Waals surface area contributed by atoms with E-state index in [1.165, 1.54) is 5.56 Å². The van der Waals surface area contributed by atoms with Crippen molar-refractivity contribution in [2.75, 3.05) is 7.05 Å². The van der Waals surface area contributed by atoms with Crippen LogP contribution in [0.3, 0.4) is 0 Å². The van der Waals surface area contributed by atoms with Gasteiger partial charge in [0.2, 0.25) is 0 Å². The van der Waals surface area contributed by atoms with Gasteiger partial charge in [0, 0.05) is 0 Å². The number of benzene rings is 1. The largest absolute Gasteiger partial charge is 0.304 e. The number of hydrogen-bond donors (Lipinski definition) is 1. The fourth-order valence-corrected chi connectivity index (χ4v) is 2.41. The smallest absolute Gasteiger partial charge is 0.154 e. The molecule has 1 unspecified atom stereocenters. The summed E-state index contributed by atoms with van der Waals surface area (Å²) in [5, 5.41) is 3.18. The maximum absolute atomic E-state index is 11.7. The molecular formula is C14H21NO. The van der Waals surface area contributed by atoms with Crippen LogP contribution in [0.15, 0.2) is 24.3 Å². The molecular weight excluding hydrogens is 198 g/mol. The summed E-state index contributed by atoms with van der Waals surface area (Å²) in [4.78, 5) is 11.7. The summed E-state index contributed by atoms with van der Waals surface area (Å²) in [6.45, 7) is 5.67. The molecule has 0 fully saturated rings. The van der Waals surface area contributed by atoms with E-state index in [0.717, 1.165) is 18.4 Å². The molecule has 1 aliphatic carbocycles. The average molecular weight is 219 g/mol. The van der Waals surface area contributed by atoms with Crippen LogP contribution in [0.1, 0.15) is 38.3 Å². The molecule has 0 amide bonds. The van der Waals surface area contributed by atoms with Gasteiger partial charge in [-0.15, -0.1) is 0 Å². The number of carbonyl (C=O) groups is 1. The summed E-state index contributed by atoms with van der Waals surface area (Å²) in [6.07, 6.45) is 1.88. The topological polar surface area (TPSA) is 29.1 Å². The van der Waals surface area contributed by atoms with E-state index in [0.29, 0.717) is 0 Å². The van der Waals surface area contributed by atoms with E-state index in [1.807, 2.05) is 33.0 Å². The highest BCUT2D eigenvalue weighted by Gasteiger charge is 2.41. The number of rotatable bonds is 2. The molecule has 2 heteroatoms. The highest BCUT2D eigenvalue weighted by atomic mass is 16.1. The summed E-state index contributed by atoms with van der Waals surface area (Å²) in [5.74, 6) is 0.213. The molecule has 88 valence electrons. The van der Waals surface area contributed by atoms with Crippen molar-refractivity contribution in [2.45, 2.75) is 39.2 Å². The van der Waals surface area contributed by atoms with E-state index in [1.54, 1.807) is 6.92 Å². The molecule has 1 N–H and O–H groups in total. The lowest BCUT2D eigenvalue weighted by Crippen LogP contribution is -2.44. The maximum Gasteiger partial charge on any atom is 0.154 e. The molecule has 1 atom stereocenters. The fraction of sp³-hybridized carbons (Fsp3) is 0.500. The molecule has 0 saturated carbocycles. The number of likely N-dealkylation sites (N-methyl/N-ethyl adjacent to an activating group) is 1. The molecule has 1 aliphatic rings. The molecule has 1 aromatic rings. The van der Waals surface area contributed by atoms with Crippen molar-refractivity contribution in [2.24, 2.45) is 0 Å². The minimum atomic E-state index is -0.420. The summed E-state index contributed by atoms with van der Waals surface area (Å²) >= 11 is 0. The van der Waals surface area contributed by atoms with Crippen LogP contribution in [0, 0.1) is 0 Å². The van der Waals surface area contributed by atoms with E-state index in [9.17, 15) is 4.79 Å². The Hall–Kier alpha value is -1.15. The number of carbonyl (C=O) groups excluding carboxylic acids is 1. The Morgan fingerprint density at radius 1 is 1.31 bits per heavy atom. The number of nitrogens with one attached hydrogen (secondary N) is 1. The van der Waals surface area contributed by atoms with Crippen LogP contribution in [0.25, 0.3) is 0 Å². The average Bonchev–Trinajstić information content (AvgIpc) is 2.72. The van der Waals surface area contributed by atoms with Crippen LogP contribution in [0.5, 0.6) is 0 Å². The van der Waals surface area contributed by atoms with Crippen LogP contribution >= 0.6 is 0 Å². The van der Waals surface area contributed by atoms with Gasteiger partial charge in [0.05, 0.1) is 0 Å². The molecule has 2 rings (SSSR count). The first-order chi connectivity index (χ1) is 7.70. The van der Waals surface area contributed by atoms with Crippen LogP contribution in [0.2, 0.25) is 0 Å². The van der Waals surface area contributed by atoms with Crippen molar-refractivity contribution >= 4 is 5.78 Å². The Kier molecular flexibility index (Phi) is 4.25. The summed E-state index contributed by atoms with van der Waals surface area (Å²) < 4.78 is 0. The fourth-order valence-electron chi connectivity index (χ4n) is 2.41. The van der Waals surface area contributed by atoms with Crippen LogP contribution in [-0.2, 0) is 16.8 Å². The quantitative estimate of drug-likeness (QED) is 0.828. The Morgan fingerprint density at radius 3 is 2.50 bits per heavy atom. The second-order valence-electron chi connectivity index (χ2n) is 3.87. The zero-order chi connectivity index (χ0) is 12.2. The van der Waals surface area contributed by atoms with E-state index in [4.69, 9.17) is 0 Å². The van der Waals surface area contributed by atoms with Gasteiger partial charge in [-0.05, 0) is 37.9 Å². The lowest BCUT2D eigenvalue weighted by molar-refractivity contribution is -0.123. The number of ketones is 1. The number of aryl methyl sites for hydroxylation is 1.